The third kappa shape index (κ3) is 6.36. The van der Waals surface area contributed by atoms with E-state index in [2.05, 4.69) is 54.1 Å². The van der Waals surface area contributed by atoms with E-state index in [1.54, 1.807) is 7.11 Å². The Balaban J connectivity index is 1.32. The van der Waals surface area contributed by atoms with Crippen molar-refractivity contribution in [2.75, 3.05) is 33.3 Å². The Morgan fingerprint density at radius 1 is 0.879 bits per heavy atom. The van der Waals surface area contributed by atoms with Gasteiger partial charge in [-0.3, -0.25) is 9.91 Å². The number of hydrazone groups is 1. The van der Waals surface area contributed by atoms with E-state index >= 15 is 0 Å². The summed E-state index contributed by atoms with van der Waals surface area (Å²) in [5.41, 5.74) is 6.23. The van der Waals surface area contributed by atoms with Gasteiger partial charge in [0.1, 0.15) is 6.61 Å². The highest BCUT2D eigenvalue weighted by molar-refractivity contribution is 5.80. The maximum Gasteiger partial charge on any atom is 0.162 e. The maximum atomic E-state index is 6.03. The van der Waals surface area contributed by atoms with Gasteiger partial charge < -0.3 is 9.47 Å². The van der Waals surface area contributed by atoms with Gasteiger partial charge in [0.15, 0.2) is 11.5 Å². The molecule has 1 heterocycles. The van der Waals surface area contributed by atoms with Crippen molar-refractivity contribution < 1.29 is 9.47 Å². The van der Waals surface area contributed by atoms with Crippen LogP contribution in [0.2, 0.25) is 0 Å². The fourth-order valence-electron chi connectivity index (χ4n) is 4.05. The fraction of sp³-hybridized carbons (Fsp3) is 0.321. The van der Waals surface area contributed by atoms with E-state index in [1.165, 1.54) is 16.7 Å². The molecule has 0 amide bonds. The van der Waals surface area contributed by atoms with Crippen molar-refractivity contribution in [1.29, 1.82) is 0 Å². The average molecular weight is 444 g/mol. The normalized spacial score (nSPS) is 14.6. The van der Waals surface area contributed by atoms with Crippen molar-refractivity contribution in [1.82, 2.24) is 9.91 Å². The molecule has 0 N–H and O–H groups in total. The molecule has 0 aromatic heterocycles. The molecule has 1 fully saturated rings. The van der Waals surface area contributed by atoms with Crippen LogP contribution in [0.5, 0.6) is 11.5 Å². The van der Waals surface area contributed by atoms with E-state index in [4.69, 9.17) is 14.6 Å². The predicted molar refractivity (Wildman–Crippen MR) is 134 cm³/mol. The summed E-state index contributed by atoms with van der Waals surface area (Å²) in [6, 6.07) is 22.8. The molecule has 172 valence electrons. The molecule has 1 aliphatic rings. The van der Waals surface area contributed by atoms with Crippen molar-refractivity contribution in [2.45, 2.75) is 27.0 Å². The van der Waals surface area contributed by atoms with Crippen molar-refractivity contribution in [2.24, 2.45) is 5.10 Å². The highest BCUT2D eigenvalue weighted by atomic mass is 16.5. The van der Waals surface area contributed by atoms with E-state index in [-0.39, 0.29) is 0 Å². The third-order valence-electron chi connectivity index (χ3n) is 6.04. The average Bonchev–Trinajstić information content (AvgIpc) is 2.84. The Morgan fingerprint density at radius 3 is 2.39 bits per heavy atom. The Hall–Kier alpha value is -3.31. The summed E-state index contributed by atoms with van der Waals surface area (Å²) in [4.78, 5) is 2.51. The van der Waals surface area contributed by atoms with Crippen LogP contribution in [0.1, 0.15) is 27.8 Å². The number of benzene rings is 3. The molecule has 3 aromatic rings. The zero-order valence-corrected chi connectivity index (χ0v) is 19.8. The van der Waals surface area contributed by atoms with Gasteiger partial charge in [-0.2, -0.15) is 5.10 Å². The second-order valence-corrected chi connectivity index (χ2v) is 8.59. The molecule has 3 aromatic carbocycles. The molecule has 0 atom stereocenters. The first-order valence-corrected chi connectivity index (χ1v) is 11.5. The van der Waals surface area contributed by atoms with E-state index in [1.807, 2.05) is 42.6 Å². The molecule has 33 heavy (non-hydrogen) atoms. The minimum absolute atomic E-state index is 0.500. The van der Waals surface area contributed by atoms with Gasteiger partial charge in [0, 0.05) is 32.7 Å². The predicted octanol–water partition coefficient (Wildman–Crippen LogP) is 5.04. The van der Waals surface area contributed by atoms with Crippen LogP contribution in [0.4, 0.5) is 0 Å². The first-order valence-electron chi connectivity index (χ1n) is 11.5. The number of nitrogens with zero attached hydrogens (tertiary/aromatic N) is 3. The Morgan fingerprint density at radius 2 is 1.67 bits per heavy atom. The molecule has 4 rings (SSSR count). The largest absolute Gasteiger partial charge is 0.493 e. The Bertz CT molecular complexity index is 1070. The number of methoxy groups -OCH3 is 1. The lowest BCUT2D eigenvalue weighted by atomic mass is 10.1. The smallest absolute Gasteiger partial charge is 0.162 e. The molecule has 0 saturated carbocycles. The van der Waals surface area contributed by atoms with Gasteiger partial charge in [-0.25, -0.2) is 0 Å². The molecule has 0 bridgehead atoms. The number of hydrogen-bond acceptors (Lipinski definition) is 5. The number of ether oxygens (including phenoxy) is 2. The summed E-state index contributed by atoms with van der Waals surface area (Å²) >= 11 is 0. The Kier molecular flexibility index (Phi) is 7.63. The zero-order valence-electron chi connectivity index (χ0n) is 19.8. The number of piperazine rings is 1. The molecule has 0 spiro atoms. The summed E-state index contributed by atoms with van der Waals surface area (Å²) in [5, 5.41) is 6.87. The highest BCUT2D eigenvalue weighted by Gasteiger charge is 2.16. The van der Waals surface area contributed by atoms with Crippen molar-refractivity contribution in [3.8, 4) is 11.5 Å². The second kappa shape index (κ2) is 11.0. The lowest BCUT2D eigenvalue weighted by Crippen LogP contribution is -2.43. The van der Waals surface area contributed by atoms with Crippen LogP contribution < -0.4 is 9.47 Å². The van der Waals surface area contributed by atoms with Gasteiger partial charge in [0.25, 0.3) is 0 Å². The van der Waals surface area contributed by atoms with Gasteiger partial charge in [-0.05, 0) is 54.3 Å². The SMILES string of the molecule is COc1ccc(/C=N/N2CCN(Cc3ccc(C)cc3C)CC2)cc1OCc1ccccc1. The van der Waals surface area contributed by atoms with Crippen molar-refractivity contribution in [3.63, 3.8) is 0 Å². The summed E-state index contributed by atoms with van der Waals surface area (Å²) in [6.07, 6.45) is 1.91. The summed E-state index contributed by atoms with van der Waals surface area (Å²) in [6.45, 7) is 9.73. The minimum atomic E-state index is 0.500. The van der Waals surface area contributed by atoms with Crippen LogP contribution in [0.15, 0.2) is 71.8 Å². The maximum absolute atomic E-state index is 6.03. The summed E-state index contributed by atoms with van der Waals surface area (Å²) < 4.78 is 11.5. The number of hydrogen-bond donors (Lipinski definition) is 0. The van der Waals surface area contributed by atoms with Crippen LogP contribution >= 0.6 is 0 Å². The molecule has 1 aliphatic heterocycles. The fourth-order valence-corrected chi connectivity index (χ4v) is 4.05. The standard InChI is InChI=1S/C28H33N3O2/c1-22-9-11-26(23(2)17-22)20-30-13-15-31(16-14-30)29-19-25-10-12-27(32-3)28(18-25)33-21-24-7-5-4-6-8-24/h4-12,17-19H,13-16,20-21H2,1-3H3/b29-19+. The molecule has 5 heteroatoms. The summed E-state index contributed by atoms with van der Waals surface area (Å²) in [5.74, 6) is 1.45. The molecule has 0 unspecified atom stereocenters. The summed E-state index contributed by atoms with van der Waals surface area (Å²) in [7, 11) is 1.66. The van der Waals surface area contributed by atoms with E-state index in [9.17, 15) is 0 Å². The minimum Gasteiger partial charge on any atom is -0.493 e. The first-order chi connectivity index (χ1) is 16.1. The van der Waals surface area contributed by atoms with Crippen molar-refractivity contribution >= 4 is 6.21 Å². The van der Waals surface area contributed by atoms with E-state index in [0.717, 1.165) is 55.3 Å². The van der Waals surface area contributed by atoms with E-state index < -0.39 is 0 Å². The first kappa shape index (κ1) is 22.9. The number of rotatable bonds is 8. The molecule has 1 saturated heterocycles. The van der Waals surface area contributed by atoms with Crippen LogP contribution in [0.25, 0.3) is 0 Å². The van der Waals surface area contributed by atoms with Gasteiger partial charge in [0.2, 0.25) is 0 Å². The van der Waals surface area contributed by atoms with Crippen LogP contribution in [-0.2, 0) is 13.2 Å². The Labute approximate surface area is 197 Å². The van der Waals surface area contributed by atoms with Crippen LogP contribution in [0.3, 0.4) is 0 Å². The lowest BCUT2D eigenvalue weighted by molar-refractivity contribution is 0.131. The zero-order chi connectivity index (χ0) is 23.0. The third-order valence-corrected chi connectivity index (χ3v) is 6.04. The van der Waals surface area contributed by atoms with Gasteiger partial charge in [0.05, 0.1) is 13.3 Å². The van der Waals surface area contributed by atoms with E-state index in [0.29, 0.717) is 6.61 Å². The topological polar surface area (TPSA) is 37.3 Å². The monoisotopic (exact) mass is 443 g/mol. The van der Waals surface area contributed by atoms with Crippen molar-refractivity contribution in [3.05, 3.63) is 94.5 Å². The highest BCUT2D eigenvalue weighted by Crippen LogP contribution is 2.28. The van der Waals surface area contributed by atoms with Crippen LogP contribution in [0, 0.1) is 13.8 Å². The molecule has 0 aliphatic carbocycles. The van der Waals surface area contributed by atoms with Gasteiger partial charge >= 0.3 is 0 Å². The molecule has 0 radical (unpaired) electrons. The van der Waals surface area contributed by atoms with Gasteiger partial charge in [-0.1, -0.05) is 54.1 Å². The van der Waals surface area contributed by atoms with Crippen LogP contribution in [-0.4, -0.2) is 49.4 Å². The molecule has 5 nitrogen and oxygen atoms in total. The lowest BCUT2D eigenvalue weighted by Gasteiger charge is -2.33. The molecular formula is C28H33N3O2. The number of aryl methyl sites for hydroxylation is 2. The van der Waals surface area contributed by atoms with Gasteiger partial charge in [-0.15, -0.1) is 0 Å². The quantitative estimate of drug-likeness (QED) is 0.457. The molecular weight excluding hydrogens is 410 g/mol. The second-order valence-electron chi connectivity index (χ2n) is 8.59.